The van der Waals surface area contributed by atoms with Crippen molar-refractivity contribution in [1.29, 1.82) is 0 Å². The van der Waals surface area contributed by atoms with Gasteiger partial charge in [-0.25, -0.2) is 9.79 Å². The summed E-state index contributed by atoms with van der Waals surface area (Å²) in [5, 5.41) is 0. The zero-order valence-corrected chi connectivity index (χ0v) is 25.0. The first-order chi connectivity index (χ1) is 20.3. The second kappa shape index (κ2) is 12.5. The molecule has 0 unspecified atom stereocenters. The lowest BCUT2D eigenvalue weighted by Crippen LogP contribution is -2.39. The number of aromatic nitrogens is 1. The van der Waals surface area contributed by atoms with Gasteiger partial charge in [-0.15, -0.1) is 0 Å². The molecule has 0 saturated heterocycles. The number of esters is 1. The van der Waals surface area contributed by atoms with Crippen LogP contribution in [0.4, 0.5) is 0 Å². The quantitative estimate of drug-likeness (QED) is 0.265. The highest BCUT2D eigenvalue weighted by Crippen LogP contribution is 2.31. The van der Waals surface area contributed by atoms with Crippen molar-refractivity contribution in [2.45, 2.75) is 33.4 Å². The normalized spacial score (nSPS) is 14.7. The van der Waals surface area contributed by atoms with E-state index in [9.17, 15) is 9.59 Å². The summed E-state index contributed by atoms with van der Waals surface area (Å²) in [7, 11) is 3.21. The number of carbonyl (C=O) groups is 1. The Morgan fingerprint density at radius 1 is 1.00 bits per heavy atom. The first kappa shape index (κ1) is 28.9. The zero-order chi connectivity index (χ0) is 29.8. The second-order valence-corrected chi connectivity index (χ2v) is 10.7. The number of carbonyl (C=O) groups excluding carboxylic acids is 1. The van der Waals surface area contributed by atoms with Crippen molar-refractivity contribution in [3.63, 3.8) is 0 Å². The van der Waals surface area contributed by atoms with Gasteiger partial charge in [-0.3, -0.25) is 9.36 Å². The van der Waals surface area contributed by atoms with Gasteiger partial charge in [-0.1, -0.05) is 47.7 Å². The van der Waals surface area contributed by atoms with E-state index in [1.165, 1.54) is 11.3 Å². The summed E-state index contributed by atoms with van der Waals surface area (Å²) in [6, 6.07) is 20.2. The first-order valence-corrected chi connectivity index (χ1v) is 14.3. The van der Waals surface area contributed by atoms with Gasteiger partial charge in [0, 0.05) is 5.56 Å². The average molecular weight is 585 g/mol. The number of benzene rings is 3. The van der Waals surface area contributed by atoms with Gasteiger partial charge < -0.3 is 18.9 Å². The molecular formula is C33H32N2O6S. The van der Waals surface area contributed by atoms with Crippen molar-refractivity contribution in [2.24, 2.45) is 4.99 Å². The highest BCUT2D eigenvalue weighted by Gasteiger charge is 2.33. The third-order valence-electron chi connectivity index (χ3n) is 7.03. The first-order valence-electron chi connectivity index (χ1n) is 13.5. The molecule has 2 heterocycles. The van der Waals surface area contributed by atoms with Crippen molar-refractivity contribution < 1.29 is 23.7 Å². The molecule has 8 nitrogen and oxygen atoms in total. The van der Waals surface area contributed by atoms with Gasteiger partial charge in [0.1, 0.15) is 23.9 Å². The van der Waals surface area contributed by atoms with Crippen LogP contribution in [0.1, 0.15) is 42.1 Å². The van der Waals surface area contributed by atoms with Crippen LogP contribution >= 0.6 is 11.3 Å². The summed E-state index contributed by atoms with van der Waals surface area (Å²) in [6.45, 7) is 6.03. The largest absolute Gasteiger partial charge is 0.497 e. The Kier molecular flexibility index (Phi) is 8.59. The van der Waals surface area contributed by atoms with Crippen LogP contribution in [0, 0.1) is 6.92 Å². The lowest BCUT2D eigenvalue weighted by atomic mass is 9.96. The molecule has 0 N–H and O–H groups in total. The van der Waals surface area contributed by atoms with Crippen LogP contribution in [0.15, 0.2) is 87.8 Å². The fourth-order valence-electron chi connectivity index (χ4n) is 4.92. The third-order valence-corrected chi connectivity index (χ3v) is 8.01. The van der Waals surface area contributed by atoms with Crippen molar-refractivity contribution in [3.8, 4) is 17.2 Å². The molecule has 1 aliphatic rings. The summed E-state index contributed by atoms with van der Waals surface area (Å²) in [4.78, 5) is 32.2. The van der Waals surface area contributed by atoms with Crippen molar-refractivity contribution in [1.82, 2.24) is 4.57 Å². The van der Waals surface area contributed by atoms with E-state index >= 15 is 0 Å². The molecule has 0 radical (unpaired) electrons. The Balaban J connectivity index is 1.58. The van der Waals surface area contributed by atoms with E-state index in [0.29, 0.717) is 38.7 Å². The maximum absolute atomic E-state index is 13.9. The molecule has 0 saturated carbocycles. The van der Waals surface area contributed by atoms with Crippen LogP contribution < -0.4 is 29.1 Å². The number of hydrogen-bond acceptors (Lipinski definition) is 8. The molecule has 42 heavy (non-hydrogen) atoms. The Morgan fingerprint density at radius 2 is 1.76 bits per heavy atom. The molecule has 0 bridgehead atoms. The number of thiazole rings is 1. The van der Waals surface area contributed by atoms with E-state index in [4.69, 9.17) is 18.9 Å². The topological polar surface area (TPSA) is 88.4 Å². The number of fused-ring (bicyclic) bond motifs is 1. The molecule has 3 aromatic carbocycles. The van der Waals surface area contributed by atoms with E-state index in [1.54, 1.807) is 44.8 Å². The Hall–Kier alpha value is -4.63. The molecule has 1 aliphatic heterocycles. The molecule has 0 aliphatic carbocycles. The number of nitrogens with zero attached hydrogens (tertiary/aromatic N) is 2. The number of allylic oxidation sites excluding steroid dienone is 1. The molecule has 9 heteroatoms. The van der Waals surface area contributed by atoms with E-state index in [0.717, 1.165) is 28.0 Å². The molecule has 5 rings (SSSR count). The van der Waals surface area contributed by atoms with E-state index in [-0.39, 0.29) is 12.2 Å². The predicted molar refractivity (Wildman–Crippen MR) is 162 cm³/mol. The highest BCUT2D eigenvalue weighted by atomic mass is 32.1. The molecule has 0 amide bonds. The minimum atomic E-state index is -0.692. The lowest BCUT2D eigenvalue weighted by molar-refractivity contribution is -0.139. The Labute approximate surface area is 247 Å². The fraction of sp³-hybridized carbons (Fsp3) is 0.242. The third kappa shape index (κ3) is 5.73. The summed E-state index contributed by atoms with van der Waals surface area (Å²) >= 11 is 1.28. The van der Waals surface area contributed by atoms with Gasteiger partial charge in [-0.2, -0.15) is 0 Å². The van der Waals surface area contributed by atoms with Gasteiger partial charge in [-0.05, 0) is 73.9 Å². The molecule has 216 valence electrons. The molecule has 4 aromatic rings. The lowest BCUT2D eigenvalue weighted by Gasteiger charge is -2.24. The number of para-hydroxylation sites is 1. The maximum atomic E-state index is 13.9. The number of rotatable bonds is 9. The SMILES string of the molecule is CCOC(=O)C1=C(C)N=c2s/c(=C/c3ccc(OC)c(COc4ccccc4C)c3)c(=O)n2[C@@H]1c1ccc(OC)cc1. The van der Waals surface area contributed by atoms with Crippen molar-refractivity contribution in [3.05, 3.63) is 120 Å². The van der Waals surface area contributed by atoms with Gasteiger partial charge in [0.15, 0.2) is 4.80 Å². The van der Waals surface area contributed by atoms with E-state index < -0.39 is 12.0 Å². The van der Waals surface area contributed by atoms with E-state index in [1.807, 2.05) is 67.6 Å². The second-order valence-electron chi connectivity index (χ2n) is 9.70. The molecule has 1 atom stereocenters. The number of methoxy groups -OCH3 is 2. The average Bonchev–Trinajstić information content (AvgIpc) is 3.30. The van der Waals surface area contributed by atoms with Crippen LogP contribution in [0.3, 0.4) is 0 Å². The minimum Gasteiger partial charge on any atom is -0.497 e. The summed E-state index contributed by atoms with van der Waals surface area (Å²) in [5.41, 5.74) is 4.05. The molecule has 0 fully saturated rings. The number of ether oxygens (including phenoxy) is 4. The molecule has 1 aromatic heterocycles. The molecule has 0 spiro atoms. The molecular weight excluding hydrogens is 552 g/mol. The van der Waals surface area contributed by atoms with Crippen LogP contribution in [0.25, 0.3) is 6.08 Å². The van der Waals surface area contributed by atoms with Crippen molar-refractivity contribution in [2.75, 3.05) is 20.8 Å². The Bertz CT molecular complexity index is 1840. The van der Waals surface area contributed by atoms with Crippen LogP contribution in [-0.4, -0.2) is 31.4 Å². The number of hydrogen-bond donors (Lipinski definition) is 0. The monoisotopic (exact) mass is 584 g/mol. The van der Waals surface area contributed by atoms with E-state index in [2.05, 4.69) is 4.99 Å². The standard InChI is InChI=1S/C33H32N2O6S/c1-6-40-32(37)29-21(3)34-33-35(30(29)23-12-14-25(38-4)15-13-23)31(36)28(42-33)18-22-11-16-27(39-5)24(17-22)19-41-26-10-8-7-9-20(26)2/h7-18,30H,6,19H2,1-5H3/b28-18+/t30-/m1/s1. The maximum Gasteiger partial charge on any atom is 0.338 e. The number of aryl methyl sites for hydroxylation is 1. The minimum absolute atomic E-state index is 0.211. The summed E-state index contributed by atoms with van der Waals surface area (Å²) < 4.78 is 24.4. The van der Waals surface area contributed by atoms with Gasteiger partial charge >= 0.3 is 5.97 Å². The van der Waals surface area contributed by atoms with Gasteiger partial charge in [0.25, 0.3) is 5.56 Å². The smallest absolute Gasteiger partial charge is 0.338 e. The van der Waals surface area contributed by atoms with Crippen LogP contribution in [0.5, 0.6) is 17.2 Å². The zero-order valence-electron chi connectivity index (χ0n) is 24.2. The predicted octanol–water partition coefficient (Wildman–Crippen LogP) is 4.70. The fourth-order valence-corrected chi connectivity index (χ4v) is 5.97. The van der Waals surface area contributed by atoms with Crippen molar-refractivity contribution >= 4 is 23.4 Å². The van der Waals surface area contributed by atoms with Gasteiger partial charge in [0.05, 0.1) is 42.7 Å². The summed E-state index contributed by atoms with van der Waals surface area (Å²) in [6.07, 6.45) is 1.83. The van der Waals surface area contributed by atoms with Crippen LogP contribution in [0.2, 0.25) is 0 Å². The van der Waals surface area contributed by atoms with Crippen LogP contribution in [-0.2, 0) is 16.1 Å². The highest BCUT2D eigenvalue weighted by molar-refractivity contribution is 7.07. The summed E-state index contributed by atoms with van der Waals surface area (Å²) in [5.74, 6) is 1.66. The van der Waals surface area contributed by atoms with Gasteiger partial charge in [0.2, 0.25) is 0 Å². The Morgan fingerprint density at radius 3 is 2.45 bits per heavy atom.